The molecule has 1 aromatic rings. The molecule has 27 heavy (non-hydrogen) atoms. The van der Waals surface area contributed by atoms with Crippen molar-refractivity contribution in [2.75, 3.05) is 13.7 Å². The summed E-state index contributed by atoms with van der Waals surface area (Å²) in [6.45, 7) is 2.02. The predicted octanol–water partition coefficient (Wildman–Crippen LogP) is 3.50. The van der Waals surface area contributed by atoms with Crippen LogP contribution in [0.3, 0.4) is 0 Å². The SMILES string of the molecule is COC(=O)C(C)CN(C(=O)Cc1ccccc1[N+](=O)[O-])C1CCCCCC1. The van der Waals surface area contributed by atoms with Gasteiger partial charge in [-0.1, -0.05) is 50.8 Å². The van der Waals surface area contributed by atoms with E-state index in [-0.39, 0.29) is 36.6 Å². The summed E-state index contributed by atoms with van der Waals surface area (Å²) in [5.41, 5.74) is 0.351. The monoisotopic (exact) mass is 376 g/mol. The van der Waals surface area contributed by atoms with E-state index in [4.69, 9.17) is 4.74 Å². The molecule has 0 spiro atoms. The molecule has 1 amide bonds. The van der Waals surface area contributed by atoms with Crippen LogP contribution < -0.4 is 0 Å². The quantitative estimate of drug-likeness (QED) is 0.314. The fraction of sp³-hybridized carbons (Fsp3) is 0.600. The van der Waals surface area contributed by atoms with Crippen LogP contribution in [-0.4, -0.2) is 41.4 Å². The summed E-state index contributed by atoms with van der Waals surface area (Å²) in [7, 11) is 1.34. The Balaban J connectivity index is 2.22. The van der Waals surface area contributed by atoms with Gasteiger partial charge < -0.3 is 9.64 Å². The van der Waals surface area contributed by atoms with Gasteiger partial charge in [-0.25, -0.2) is 0 Å². The van der Waals surface area contributed by atoms with Crippen LogP contribution in [0.5, 0.6) is 0 Å². The maximum absolute atomic E-state index is 13.1. The third-order valence-electron chi connectivity index (χ3n) is 5.19. The third-order valence-corrected chi connectivity index (χ3v) is 5.19. The molecule has 2 rings (SSSR count). The minimum atomic E-state index is -0.463. The Kier molecular flexibility index (Phi) is 7.76. The molecular weight excluding hydrogens is 348 g/mol. The van der Waals surface area contributed by atoms with Crippen molar-refractivity contribution in [3.63, 3.8) is 0 Å². The minimum Gasteiger partial charge on any atom is -0.469 e. The number of esters is 1. The standard InChI is InChI=1S/C20H28N2O5/c1-15(20(24)27-2)14-21(17-10-5-3-4-6-11-17)19(23)13-16-9-7-8-12-18(16)22(25)26/h7-9,12,15,17H,3-6,10-11,13-14H2,1-2H3. The summed E-state index contributed by atoms with van der Waals surface area (Å²) in [5, 5.41) is 11.2. The molecule has 0 radical (unpaired) electrons. The molecule has 1 aliphatic rings. The Labute approximate surface area is 159 Å². The van der Waals surface area contributed by atoms with Crippen LogP contribution in [0.25, 0.3) is 0 Å². The molecule has 1 atom stereocenters. The number of ether oxygens (including phenoxy) is 1. The van der Waals surface area contributed by atoms with Crippen molar-refractivity contribution in [3.8, 4) is 0 Å². The smallest absolute Gasteiger partial charge is 0.310 e. The summed E-state index contributed by atoms with van der Waals surface area (Å²) >= 11 is 0. The Morgan fingerprint density at radius 1 is 1.22 bits per heavy atom. The number of rotatable bonds is 7. The van der Waals surface area contributed by atoms with Crippen LogP contribution in [0.2, 0.25) is 0 Å². The molecule has 0 bridgehead atoms. The summed E-state index contributed by atoms with van der Waals surface area (Å²) in [4.78, 5) is 37.5. The fourth-order valence-electron chi connectivity index (χ4n) is 3.70. The molecule has 1 aromatic carbocycles. The largest absolute Gasteiger partial charge is 0.469 e. The molecule has 0 heterocycles. The zero-order valence-corrected chi connectivity index (χ0v) is 16.1. The van der Waals surface area contributed by atoms with Gasteiger partial charge in [0.2, 0.25) is 5.91 Å². The van der Waals surface area contributed by atoms with E-state index < -0.39 is 10.8 Å². The third kappa shape index (κ3) is 5.77. The van der Waals surface area contributed by atoms with E-state index in [2.05, 4.69) is 0 Å². The van der Waals surface area contributed by atoms with Gasteiger partial charge in [-0.15, -0.1) is 0 Å². The van der Waals surface area contributed by atoms with Gasteiger partial charge in [0.1, 0.15) is 0 Å². The van der Waals surface area contributed by atoms with E-state index in [1.165, 1.54) is 13.2 Å². The highest BCUT2D eigenvalue weighted by atomic mass is 16.6. The first-order chi connectivity index (χ1) is 12.9. The second kappa shape index (κ2) is 10.0. The number of amides is 1. The Bertz CT molecular complexity index is 668. The van der Waals surface area contributed by atoms with Crippen LogP contribution in [0.1, 0.15) is 51.0 Å². The number of benzene rings is 1. The lowest BCUT2D eigenvalue weighted by Gasteiger charge is -2.33. The van der Waals surface area contributed by atoms with Crippen molar-refractivity contribution >= 4 is 17.6 Å². The molecule has 0 aliphatic heterocycles. The van der Waals surface area contributed by atoms with Crippen molar-refractivity contribution in [1.82, 2.24) is 4.90 Å². The van der Waals surface area contributed by atoms with Crippen molar-refractivity contribution in [1.29, 1.82) is 0 Å². The van der Waals surface area contributed by atoms with E-state index >= 15 is 0 Å². The molecule has 0 saturated heterocycles. The van der Waals surface area contributed by atoms with Gasteiger partial charge in [-0.05, 0) is 12.8 Å². The summed E-state index contributed by atoms with van der Waals surface area (Å²) in [5.74, 6) is -0.966. The molecule has 7 nitrogen and oxygen atoms in total. The van der Waals surface area contributed by atoms with Crippen molar-refractivity contribution in [2.24, 2.45) is 5.92 Å². The maximum atomic E-state index is 13.1. The predicted molar refractivity (Wildman–Crippen MR) is 101 cm³/mol. The first-order valence-electron chi connectivity index (χ1n) is 9.53. The Morgan fingerprint density at radius 2 is 1.85 bits per heavy atom. The van der Waals surface area contributed by atoms with Gasteiger partial charge in [-0.2, -0.15) is 0 Å². The van der Waals surface area contributed by atoms with Crippen LogP contribution in [0, 0.1) is 16.0 Å². The number of nitro groups is 1. The molecule has 0 N–H and O–H groups in total. The van der Waals surface area contributed by atoms with Gasteiger partial charge in [-0.3, -0.25) is 19.7 Å². The van der Waals surface area contributed by atoms with Crippen LogP contribution in [-0.2, 0) is 20.7 Å². The average molecular weight is 376 g/mol. The van der Waals surface area contributed by atoms with Crippen LogP contribution in [0.15, 0.2) is 24.3 Å². The number of para-hydroxylation sites is 1. The summed E-state index contributed by atoms with van der Waals surface area (Å²) in [6.07, 6.45) is 6.15. The summed E-state index contributed by atoms with van der Waals surface area (Å²) < 4.78 is 4.81. The van der Waals surface area contributed by atoms with E-state index in [9.17, 15) is 19.7 Å². The first kappa shape index (κ1) is 20.9. The number of nitro benzene ring substituents is 1. The maximum Gasteiger partial charge on any atom is 0.310 e. The highest BCUT2D eigenvalue weighted by molar-refractivity contribution is 5.81. The first-order valence-corrected chi connectivity index (χ1v) is 9.53. The topological polar surface area (TPSA) is 89.8 Å². The zero-order valence-electron chi connectivity index (χ0n) is 16.1. The molecule has 0 aromatic heterocycles. The Hall–Kier alpha value is -2.44. The van der Waals surface area contributed by atoms with Crippen LogP contribution in [0.4, 0.5) is 5.69 Å². The Morgan fingerprint density at radius 3 is 2.44 bits per heavy atom. The van der Waals surface area contributed by atoms with Gasteiger partial charge >= 0.3 is 5.97 Å². The van der Waals surface area contributed by atoms with E-state index in [1.807, 2.05) is 0 Å². The van der Waals surface area contributed by atoms with Crippen molar-refractivity contribution in [2.45, 2.75) is 57.9 Å². The number of carbonyl (C=O) groups is 2. The minimum absolute atomic E-state index is 0.0401. The van der Waals surface area contributed by atoms with E-state index in [0.717, 1.165) is 38.5 Å². The lowest BCUT2D eigenvalue weighted by Crippen LogP contribution is -2.45. The number of hydrogen-bond donors (Lipinski definition) is 0. The molecular formula is C20H28N2O5. The molecule has 7 heteroatoms. The normalized spacial score (nSPS) is 16.2. The number of carbonyl (C=O) groups excluding carboxylic acids is 2. The second-order valence-corrected chi connectivity index (χ2v) is 7.18. The molecule has 1 fully saturated rings. The van der Waals surface area contributed by atoms with E-state index in [0.29, 0.717) is 5.56 Å². The highest BCUT2D eigenvalue weighted by Crippen LogP contribution is 2.25. The fourth-order valence-corrected chi connectivity index (χ4v) is 3.70. The lowest BCUT2D eigenvalue weighted by atomic mass is 10.0. The highest BCUT2D eigenvalue weighted by Gasteiger charge is 2.29. The average Bonchev–Trinajstić information content (AvgIpc) is 2.94. The van der Waals surface area contributed by atoms with Gasteiger partial charge in [0, 0.05) is 24.2 Å². The number of methoxy groups -OCH3 is 1. The second-order valence-electron chi connectivity index (χ2n) is 7.18. The molecule has 1 unspecified atom stereocenters. The van der Waals surface area contributed by atoms with Gasteiger partial charge in [0.25, 0.3) is 5.69 Å². The van der Waals surface area contributed by atoms with Crippen molar-refractivity contribution in [3.05, 3.63) is 39.9 Å². The zero-order chi connectivity index (χ0) is 19.8. The lowest BCUT2D eigenvalue weighted by molar-refractivity contribution is -0.385. The molecule has 148 valence electrons. The number of nitrogens with zero attached hydrogens (tertiary/aromatic N) is 2. The molecule has 1 aliphatic carbocycles. The summed E-state index contributed by atoms with van der Waals surface area (Å²) in [6, 6.07) is 6.38. The number of hydrogen-bond acceptors (Lipinski definition) is 5. The van der Waals surface area contributed by atoms with E-state index in [1.54, 1.807) is 30.0 Å². The van der Waals surface area contributed by atoms with Gasteiger partial charge in [0.15, 0.2) is 0 Å². The van der Waals surface area contributed by atoms with Crippen LogP contribution >= 0.6 is 0 Å². The van der Waals surface area contributed by atoms with Crippen molar-refractivity contribution < 1.29 is 19.2 Å². The molecule has 1 saturated carbocycles. The van der Waals surface area contributed by atoms with Gasteiger partial charge in [0.05, 0.1) is 24.4 Å².